The molecule has 0 aliphatic heterocycles. The molecule has 0 spiro atoms. The van der Waals surface area contributed by atoms with Crippen LogP contribution in [0.4, 0.5) is 0 Å². The minimum atomic E-state index is -3.03. The van der Waals surface area contributed by atoms with Gasteiger partial charge in [0.1, 0.15) is 0 Å². The van der Waals surface area contributed by atoms with Crippen LogP contribution in [0.2, 0.25) is 0 Å². The van der Waals surface area contributed by atoms with Gasteiger partial charge >= 0.3 is 0 Å². The third-order valence-electron chi connectivity index (χ3n) is 1.61. The summed E-state index contributed by atoms with van der Waals surface area (Å²) in [6, 6.07) is 0. The number of hydrogen-bond donors (Lipinski definition) is 1. The SMILES string of the molecule is CCCCS(=O)(=O)NCCCOC. The first-order valence-corrected chi connectivity index (χ1v) is 6.24. The van der Waals surface area contributed by atoms with Crippen molar-refractivity contribution >= 4 is 10.0 Å². The minimum absolute atomic E-state index is 0.233. The topological polar surface area (TPSA) is 55.4 Å². The Bertz CT molecular complexity index is 201. The normalized spacial score (nSPS) is 11.8. The van der Waals surface area contributed by atoms with E-state index in [1.165, 1.54) is 0 Å². The average molecular weight is 209 g/mol. The van der Waals surface area contributed by atoms with Crippen LogP contribution in [0, 0.1) is 0 Å². The maximum atomic E-state index is 11.2. The predicted octanol–water partition coefficient (Wildman–Crippen LogP) is 0.742. The molecular formula is C8H19NO3S. The van der Waals surface area contributed by atoms with Crippen LogP contribution in [0.25, 0.3) is 0 Å². The van der Waals surface area contributed by atoms with Crippen molar-refractivity contribution in [1.82, 2.24) is 4.72 Å². The first-order valence-electron chi connectivity index (χ1n) is 4.58. The summed E-state index contributed by atoms with van der Waals surface area (Å²) in [6.45, 7) is 3.04. The Morgan fingerprint density at radius 1 is 1.31 bits per heavy atom. The largest absolute Gasteiger partial charge is 0.385 e. The van der Waals surface area contributed by atoms with Crippen LogP contribution in [-0.2, 0) is 14.8 Å². The molecular weight excluding hydrogens is 190 g/mol. The van der Waals surface area contributed by atoms with Gasteiger partial charge in [-0.3, -0.25) is 0 Å². The van der Waals surface area contributed by atoms with E-state index in [4.69, 9.17) is 4.74 Å². The summed E-state index contributed by atoms with van der Waals surface area (Å²) in [6.07, 6.45) is 2.35. The van der Waals surface area contributed by atoms with E-state index in [2.05, 4.69) is 4.72 Å². The monoisotopic (exact) mass is 209 g/mol. The fraction of sp³-hybridized carbons (Fsp3) is 1.00. The number of ether oxygens (including phenoxy) is 1. The van der Waals surface area contributed by atoms with Crippen LogP contribution >= 0.6 is 0 Å². The summed E-state index contributed by atoms with van der Waals surface area (Å²) in [5.74, 6) is 0.233. The molecule has 0 fully saturated rings. The standard InChI is InChI=1S/C8H19NO3S/c1-3-4-8-13(10,11)9-6-5-7-12-2/h9H,3-8H2,1-2H3. The van der Waals surface area contributed by atoms with Crippen LogP contribution < -0.4 is 4.72 Å². The fourth-order valence-corrected chi connectivity index (χ4v) is 2.12. The van der Waals surface area contributed by atoms with Crippen LogP contribution in [0.1, 0.15) is 26.2 Å². The van der Waals surface area contributed by atoms with Gasteiger partial charge in [0, 0.05) is 20.3 Å². The van der Waals surface area contributed by atoms with Gasteiger partial charge in [0.05, 0.1) is 5.75 Å². The smallest absolute Gasteiger partial charge is 0.211 e. The van der Waals surface area contributed by atoms with E-state index >= 15 is 0 Å². The van der Waals surface area contributed by atoms with E-state index in [0.717, 1.165) is 19.3 Å². The average Bonchev–Trinajstić information content (AvgIpc) is 2.09. The van der Waals surface area contributed by atoms with E-state index in [0.29, 0.717) is 13.2 Å². The number of methoxy groups -OCH3 is 1. The van der Waals surface area contributed by atoms with Crippen molar-refractivity contribution in [2.75, 3.05) is 26.0 Å². The zero-order valence-electron chi connectivity index (χ0n) is 8.38. The number of unbranched alkanes of at least 4 members (excludes halogenated alkanes) is 1. The molecule has 0 amide bonds. The Balaban J connectivity index is 3.52. The van der Waals surface area contributed by atoms with Crippen LogP contribution in [0.3, 0.4) is 0 Å². The zero-order valence-corrected chi connectivity index (χ0v) is 9.19. The summed E-state index contributed by atoms with van der Waals surface area (Å²) in [5, 5.41) is 0. The maximum Gasteiger partial charge on any atom is 0.211 e. The van der Waals surface area contributed by atoms with Gasteiger partial charge in [-0.05, 0) is 12.8 Å². The third kappa shape index (κ3) is 8.21. The molecule has 0 rings (SSSR count). The molecule has 0 saturated carbocycles. The lowest BCUT2D eigenvalue weighted by atomic mass is 10.4. The van der Waals surface area contributed by atoms with Gasteiger partial charge < -0.3 is 4.74 Å². The van der Waals surface area contributed by atoms with Crippen LogP contribution in [0.15, 0.2) is 0 Å². The molecule has 0 aromatic carbocycles. The summed E-state index contributed by atoms with van der Waals surface area (Å²) in [4.78, 5) is 0. The van der Waals surface area contributed by atoms with Crippen molar-refractivity contribution in [2.24, 2.45) is 0 Å². The van der Waals surface area contributed by atoms with Crippen molar-refractivity contribution in [3.63, 3.8) is 0 Å². The highest BCUT2D eigenvalue weighted by atomic mass is 32.2. The van der Waals surface area contributed by atoms with Crippen molar-refractivity contribution in [2.45, 2.75) is 26.2 Å². The lowest BCUT2D eigenvalue weighted by molar-refractivity contribution is 0.196. The quantitative estimate of drug-likeness (QED) is 0.600. The molecule has 0 radical (unpaired) electrons. The Morgan fingerprint density at radius 2 is 2.00 bits per heavy atom. The fourth-order valence-electron chi connectivity index (χ4n) is 0.851. The second-order valence-electron chi connectivity index (χ2n) is 2.91. The van der Waals surface area contributed by atoms with Crippen molar-refractivity contribution < 1.29 is 13.2 Å². The lowest BCUT2D eigenvalue weighted by Crippen LogP contribution is -2.27. The highest BCUT2D eigenvalue weighted by Crippen LogP contribution is 1.93. The lowest BCUT2D eigenvalue weighted by Gasteiger charge is -2.04. The van der Waals surface area contributed by atoms with Gasteiger partial charge in [0.15, 0.2) is 0 Å². The summed E-state index contributed by atoms with van der Waals surface area (Å²) >= 11 is 0. The molecule has 0 aromatic heterocycles. The molecule has 0 atom stereocenters. The molecule has 13 heavy (non-hydrogen) atoms. The molecule has 80 valence electrons. The van der Waals surface area contributed by atoms with Crippen molar-refractivity contribution in [3.8, 4) is 0 Å². The predicted molar refractivity (Wildman–Crippen MR) is 53.2 cm³/mol. The first kappa shape index (κ1) is 12.9. The number of sulfonamides is 1. The van der Waals surface area contributed by atoms with E-state index in [1.54, 1.807) is 7.11 Å². The van der Waals surface area contributed by atoms with E-state index in [1.807, 2.05) is 6.92 Å². The van der Waals surface area contributed by atoms with Gasteiger partial charge in [-0.25, -0.2) is 13.1 Å². The summed E-state index contributed by atoms with van der Waals surface area (Å²) in [7, 11) is -1.43. The van der Waals surface area contributed by atoms with Gasteiger partial charge in [-0.2, -0.15) is 0 Å². The molecule has 0 aromatic rings. The van der Waals surface area contributed by atoms with Gasteiger partial charge in [0.2, 0.25) is 10.0 Å². The Kier molecular flexibility index (Phi) is 7.22. The molecule has 0 heterocycles. The van der Waals surface area contributed by atoms with E-state index < -0.39 is 10.0 Å². The van der Waals surface area contributed by atoms with E-state index in [-0.39, 0.29) is 5.75 Å². The van der Waals surface area contributed by atoms with Crippen molar-refractivity contribution in [3.05, 3.63) is 0 Å². The summed E-state index contributed by atoms with van der Waals surface area (Å²) in [5.41, 5.74) is 0. The second kappa shape index (κ2) is 7.29. The molecule has 0 saturated heterocycles. The molecule has 5 heteroatoms. The second-order valence-corrected chi connectivity index (χ2v) is 4.84. The number of hydrogen-bond acceptors (Lipinski definition) is 3. The zero-order chi connectivity index (χ0) is 10.2. The van der Waals surface area contributed by atoms with Gasteiger partial charge in [-0.15, -0.1) is 0 Å². The van der Waals surface area contributed by atoms with Crippen LogP contribution in [0.5, 0.6) is 0 Å². The van der Waals surface area contributed by atoms with E-state index in [9.17, 15) is 8.42 Å². The number of nitrogens with one attached hydrogen (secondary N) is 1. The Labute approximate surface area is 80.7 Å². The van der Waals surface area contributed by atoms with Gasteiger partial charge in [0.25, 0.3) is 0 Å². The highest BCUT2D eigenvalue weighted by Gasteiger charge is 2.07. The maximum absolute atomic E-state index is 11.2. The molecule has 0 aliphatic carbocycles. The highest BCUT2D eigenvalue weighted by molar-refractivity contribution is 7.89. The molecule has 0 bridgehead atoms. The first-order chi connectivity index (χ1) is 6.12. The molecule has 0 unspecified atom stereocenters. The molecule has 4 nitrogen and oxygen atoms in total. The minimum Gasteiger partial charge on any atom is -0.385 e. The van der Waals surface area contributed by atoms with Gasteiger partial charge in [-0.1, -0.05) is 13.3 Å². The molecule has 0 aliphatic rings. The third-order valence-corrected chi connectivity index (χ3v) is 3.08. The number of rotatable bonds is 8. The molecule has 1 N–H and O–H groups in total. The summed E-state index contributed by atoms with van der Waals surface area (Å²) < 4.78 is 29.7. The Hall–Kier alpha value is -0.130. The van der Waals surface area contributed by atoms with Crippen LogP contribution in [-0.4, -0.2) is 34.4 Å². The Morgan fingerprint density at radius 3 is 2.54 bits per heavy atom. The van der Waals surface area contributed by atoms with Crippen molar-refractivity contribution in [1.29, 1.82) is 0 Å².